The highest BCUT2D eigenvalue weighted by Gasteiger charge is 1.90. The molecular weight excluding hydrogens is 124 g/mol. The summed E-state index contributed by atoms with van der Waals surface area (Å²) in [5.74, 6) is 0.442. The normalized spacial score (nSPS) is 16.2. The van der Waals surface area contributed by atoms with Crippen molar-refractivity contribution in [2.75, 3.05) is 6.61 Å². The third kappa shape index (κ3) is 4.33. The first-order valence-corrected chi connectivity index (χ1v) is 3.61. The van der Waals surface area contributed by atoms with Gasteiger partial charge in [0.25, 0.3) is 0 Å². The van der Waals surface area contributed by atoms with Crippen LogP contribution in [0, 0.1) is 5.92 Å². The van der Waals surface area contributed by atoms with Gasteiger partial charge in [-0.05, 0) is 19.8 Å². The Bertz CT molecular complexity index is 134. The van der Waals surface area contributed by atoms with E-state index in [1.807, 2.05) is 19.9 Å². The van der Waals surface area contributed by atoms with E-state index >= 15 is 0 Å². The first-order chi connectivity index (χ1) is 4.70. The van der Waals surface area contributed by atoms with Gasteiger partial charge >= 0.3 is 0 Å². The van der Waals surface area contributed by atoms with E-state index < -0.39 is 0 Å². The van der Waals surface area contributed by atoms with Crippen LogP contribution >= 0.6 is 0 Å². The van der Waals surface area contributed by atoms with E-state index in [0.29, 0.717) is 5.92 Å². The molecule has 0 amide bonds. The smallest absolute Gasteiger partial charge is 0.0639 e. The molecule has 1 atom stereocenters. The van der Waals surface area contributed by atoms with Gasteiger partial charge in [-0.3, -0.25) is 0 Å². The maximum absolute atomic E-state index is 8.66. The van der Waals surface area contributed by atoms with Crippen LogP contribution in [0.5, 0.6) is 0 Å². The van der Waals surface area contributed by atoms with Gasteiger partial charge in [0.05, 0.1) is 6.61 Å². The van der Waals surface area contributed by atoms with E-state index in [1.54, 1.807) is 0 Å². The lowest BCUT2D eigenvalue weighted by molar-refractivity contribution is 0.330. The summed E-state index contributed by atoms with van der Waals surface area (Å²) in [6.45, 7) is 6.19. The first kappa shape index (κ1) is 9.44. The van der Waals surface area contributed by atoms with E-state index in [9.17, 15) is 0 Å². The number of aliphatic hydroxyl groups excluding tert-OH is 1. The van der Waals surface area contributed by atoms with Gasteiger partial charge in [-0.1, -0.05) is 30.7 Å². The molecule has 0 saturated heterocycles. The highest BCUT2D eigenvalue weighted by Crippen LogP contribution is 2.03. The van der Waals surface area contributed by atoms with Gasteiger partial charge in [-0.2, -0.15) is 0 Å². The van der Waals surface area contributed by atoms with Crippen LogP contribution in [-0.4, -0.2) is 11.7 Å². The summed E-state index contributed by atoms with van der Waals surface area (Å²) >= 11 is 0. The molecule has 0 unspecified atom stereocenters. The maximum Gasteiger partial charge on any atom is 0.0639 e. The Labute approximate surface area is 63.1 Å². The van der Waals surface area contributed by atoms with Gasteiger partial charge < -0.3 is 5.11 Å². The molecule has 0 aromatic heterocycles. The molecular formula is C9H16O. The zero-order valence-corrected chi connectivity index (χ0v) is 6.96. The number of rotatable bonds is 3. The number of aliphatic hydroxyl groups is 1. The van der Waals surface area contributed by atoms with Crippen LogP contribution in [0.1, 0.15) is 20.8 Å². The lowest BCUT2D eigenvalue weighted by Gasteiger charge is -1.99. The van der Waals surface area contributed by atoms with Crippen molar-refractivity contribution in [3.05, 3.63) is 23.8 Å². The molecule has 0 aliphatic rings. The maximum atomic E-state index is 8.66. The zero-order valence-electron chi connectivity index (χ0n) is 6.96. The summed E-state index contributed by atoms with van der Waals surface area (Å²) < 4.78 is 0. The highest BCUT2D eigenvalue weighted by atomic mass is 16.3. The van der Waals surface area contributed by atoms with Crippen molar-refractivity contribution in [3.63, 3.8) is 0 Å². The summed E-state index contributed by atoms with van der Waals surface area (Å²) in [5, 5.41) is 8.66. The molecule has 1 nitrogen and oxygen atoms in total. The standard InChI is InChI=1S/C9H16O/c1-4-5-8(2)6-9(3)7-10/h4-6,8,10H,7H2,1-3H3/b5-4-,9-6+/t8-/m0/s1. The van der Waals surface area contributed by atoms with E-state index in [-0.39, 0.29) is 6.61 Å². The van der Waals surface area contributed by atoms with Crippen LogP contribution in [-0.2, 0) is 0 Å². The third-order valence-corrected chi connectivity index (χ3v) is 1.29. The molecule has 0 aromatic rings. The predicted molar refractivity (Wildman–Crippen MR) is 44.8 cm³/mol. The molecule has 0 heterocycles. The van der Waals surface area contributed by atoms with E-state index in [4.69, 9.17) is 5.11 Å². The van der Waals surface area contributed by atoms with Crippen molar-refractivity contribution in [2.24, 2.45) is 5.92 Å². The molecule has 58 valence electrons. The molecule has 10 heavy (non-hydrogen) atoms. The van der Waals surface area contributed by atoms with Gasteiger partial charge in [-0.15, -0.1) is 0 Å². The molecule has 0 spiro atoms. The molecule has 0 rings (SSSR count). The minimum atomic E-state index is 0.169. The van der Waals surface area contributed by atoms with Crippen molar-refractivity contribution < 1.29 is 5.11 Å². The van der Waals surface area contributed by atoms with E-state index in [0.717, 1.165) is 5.57 Å². The van der Waals surface area contributed by atoms with Crippen LogP contribution in [0.3, 0.4) is 0 Å². The van der Waals surface area contributed by atoms with E-state index in [2.05, 4.69) is 19.1 Å². The van der Waals surface area contributed by atoms with Crippen LogP contribution in [0.4, 0.5) is 0 Å². The number of hydrogen-bond acceptors (Lipinski definition) is 1. The fourth-order valence-electron chi connectivity index (χ4n) is 0.861. The Morgan fingerprint density at radius 1 is 1.60 bits per heavy atom. The van der Waals surface area contributed by atoms with Crippen molar-refractivity contribution in [2.45, 2.75) is 20.8 Å². The van der Waals surface area contributed by atoms with Crippen molar-refractivity contribution in [1.82, 2.24) is 0 Å². The quantitative estimate of drug-likeness (QED) is 0.595. The largest absolute Gasteiger partial charge is 0.392 e. The Morgan fingerprint density at radius 2 is 2.20 bits per heavy atom. The third-order valence-electron chi connectivity index (χ3n) is 1.29. The Balaban J connectivity index is 3.86. The van der Waals surface area contributed by atoms with Crippen LogP contribution in [0.15, 0.2) is 23.8 Å². The minimum absolute atomic E-state index is 0.169. The van der Waals surface area contributed by atoms with Gasteiger partial charge in [0.15, 0.2) is 0 Å². The Kier molecular flexibility index (Phi) is 4.95. The summed E-state index contributed by atoms with van der Waals surface area (Å²) in [7, 11) is 0. The van der Waals surface area contributed by atoms with Crippen molar-refractivity contribution in [1.29, 1.82) is 0 Å². The van der Waals surface area contributed by atoms with Gasteiger partial charge in [-0.25, -0.2) is 0 Å². The van der Waals surface area contributed by atoms with Gasteiger partial charge in [0.1, 0.15) is 0 Å². The second-order valence-electron chi connectivity index (χ2n) is 2.56. The summed E-state index contributed by atoms with van der Waals surface area (Å²) in [5.41, 5.74) is 1.03. The molecule has 1 N–H and O–H groups in total. The molecule has 0 aliphatic carbocycles. The lowest BCUT2D eigenvalue weighted by atomic mass is 10.1. The van der Waals surface area contributed by atoms with Crippen molar-refractivity contribution in [3.8, 4) is 0 Å². The number of allylic oxidation sites excluding steroid dienone is 3. The SMILES string of the molecule is C/C=C\[C@H](C)/C=C(\C)CO. The monoisotopic (exact) mass is 140 g/mol. The molecule has 1 heteroatoms. The fourth-order valence-corrected chi connectivity index (χ4v) is 0.861. The van der Waals surface area contributed by atoms with Crippen LogP contribution < -0.4 is 0 Å². The predicted octanol–water partition coefficient (Wildman–Crippen LogP) is 2.14. The number of hydrogen-bond donors (Lipinski definition) is 1. The Morgan fingerprint density at radius 3 is 2.60 bits per heavy atom. The fraction of sp³-hybridized carbons (Fsp3) is 0.556. The minimum Gasteiger partial charge on any atom is -0.392 e. The average molecular weight is 140 g/mol. The summed E-state index contributed by atoms with van der Waals surface area (Å²) in [6, 6.07) is 0. The van der Waals surface area contributed by atoms with Gasteiger partial charge in [0, 0.05) is 0 Å². The van der Waals surface area contributed by atoms with Crippen LogP contribution in [0.25, 0.3) is 0 Å². The molecule has 0 saturated carbocycles. The molecule has 0 radical (unpaired) electrons. The van der Waals surface area contributed by atoms with Crippen LogP contribution in [0.2, 0.25) is 0 Å². The molecule has 0 aliphatic heterocycles. The molecule has 0 fully saturated rings. The Hall–Kier alpha value is -0.560. The second-order valence-corrected chi connectivity index (χ2v) is 2.56. The summed E-state index contributed by atoms with van der Waals surface area (Å²) in [6.07, 6.45) is 6.17. The lowest BCUT2D eigenvalue weighted by Crippen LogP contribution is -1.89. The highest BCUT2D eigenvalue weighted by molar-refractivity contribution is 5.05. The summed E-state index contributed by atoms with van der Waals surface area (Å²) in [4.78, 5) is 0. The van der Waals surface area contributed by atoms with E-state index in [1.165, 1.54) is 0 Å². The second kappa shape index (κ2) is 5.24. The first-order valence-electron chi connectivity index (χ1n) is 3.61. The molecule has 0 bridgehead atoms. The average Bonchev–Trinajstić information content (AvgIpc) is 1.88. The molecule has 0 aromatic carbocycles. The topological polar surface area (TPSA) is 20.2 Å². The zero-order chi connectivity index (χ0) is 7.98. The van der Waals surface area contributed by atoms with Crippen molar-refractivity contribution >= 4 is 0 Å². The van der Waals surface area contributed by atoms with Gasteiger partial charge in [0.2, 0.25) is 0 Å².